The average Bonchev–Trinajstić information content (AvgIpc) is 3.16. The van der Waals surface area contributed by atoms with Crippen LogP contribution in [0.15, 0.2) is 4.99 Å². The van der Waals surface area contributed by atoms with Crippen LogP contribution in [-0.4, -0.2) is 94.2 Å². The van der Waals surface area contributed by atoms with Gasteiger partial charge in [0.15, 0.2) is 5.96 Å². The molecule has 8 heteroatoms. The molecule has 0 radical (unpaired) electrons. The molecule has 2 rings (SSSR count). The van der Waals surface area contributed by atoms with E-state index in [1.165, 1.54) is 0 Å². The highest BCUT2D eigenvalue weighted by atomic mass is 16.6. The number of likely N-dealkylation sites (tertiary alicyclic amines) is 2. The van der Waals surface area contributed by atoms with Crippen LogP contribution >= 0.6 is 0 Å². The predicted octanol–water partition coefficient (Wildman–Crippen LogP) is 2.58. The van der Waals surface area contributed by atoms with Crippen LogP contribution in [-0.2, 0) is 14.2 Å². The summed E-state index contributed by atoms with van der Waals surface area (Å²) in [5.41, 5.74) is -0.444. The Hall–Kier alpha value is -1.54. The van der Waals surface area contributed by atoms with Crippen LogP contribution in [0, 0.1) is 11.8 Å². The van der Waals surface area contributed by atoms with Crippen LogP contribution in [0.2, 0.25) is 0 Å². The van der Waals surface area contributed by atoms with E-state index in [-0.39, 0.29) is 6.09 Å². The lowest BCUT2D eigenvalue weighted by Crippen LogP contribution is -2.44. The fourth-order valence-electron chi connectivity index (χ4n) is 4.07. The number of carbonyl (C=O) groups is 1. The van der Waals surface area contributed by atoms with Crippen LogP contribution in [0.5, 0.6) is 0 Å². The largest absolute Gasteiger partial charge is 0.444 e. The smallest absolute Gasteiger partial charge is 0.410 e. The molecule has 174 valence electrons. The van der Waals surface area contributed by atoms with Gasteiger partial charge >= 0.3 is 6.09 Å². The summed E-state index contributed by atoms with van der Waals surface area (Å²) < 4.78 is 16.2. The third-order valence-corrected chi connectivity index (χ3v) is 5.59. The maximum absolute atomic E-state index is 12.3. The Morgan fingerprint density at radius 2 is 1.87 bits per heavy atom. The van der Waals surface area contributed by atoms with E-state index in [2.05, 4.69) is 15.2 Å². The van der Waals surface area contributed by atoms with E-state index >= 15 is 0 Å². The molecule has 0 aromatic heterocycles. The minimum Gasteiger partial charge on any atom is -0.444 e. The van der Waals surface area contributed by atoms with Crippen molar-refractivity contribution in [1.82, 2.24) is 15.1 Å². The van der Waals surface area contributed by atoms with Gasteiger partial charge in [-0.25, -0.2) is 4.79 Å². The van der Waals surface area contributed by atoms with Gasteiger partial charge in [0.1, 0.15) is 5.60 Å². The van der Waals surface area contributed by atoms with Crippen molar-refractivity contribution >= 4 is 12.1 Å². The molecular formula is C22H42N4O4. The second-order valence-electron chi connectivity index (χ2n) is 9.37. The van der Waals surface area contributed by atoms with Gasteiger partial charge in [-0.2, -0.15) is 0 Å². The minimum absolute atomic E-state index is 0.188. The van der Waals surface area contributed by atoms with Crippen molar-refractivity contribution in [2.75, 3.05) is 66.7 Å². The summed E-state index contributed by atoms with van der Waals surface area (Å²) in [6, 6.07) is 0. The van der Waals surface area contributed by atoms with Gasteiger partial charge in [-0.15, -0.1) is 0 Å². The number of guanidine groups is 1. The van der Waals surface area contributed by atoms with Gasteiger partial charge in [0, 0.05) is 52.8 Å². The van der Waals surface area contributed by atoms with Crippen LogP contribution in [0.4, 0.5) is 4.79 Å². The number of nitrogens with zero attached hydrogens (tertiary/aromatic N) is 3. The zero-order chi connectivity index (χ0) is 22.0. The topological polar surface area (TPSA) is 75.6 Å². The molecule has 2 saturated heterocycles. The third-order valence-electron chi connectivity index (χ3n) is 5.59. The summed E-state index contributed by atoms with van der Waals surface area (Å²) in [5, 5.41) is 3.52. The normalized spacial score (nSPS) is 23.0. The molecule has 8 nitrogen and oxygen atoms in total. The zero-order valence-corrected chi connectivity index (χ0v) is 19.6. The molecule has 0 aromatic carbocycles. The van der Waals surface area contributed by atoms with Gasteiger partial charge in [0.05, 0.1) is 19.8 Å². The third kappa shape index (κ3) is 8.68. The van der Waals surface area contributed by atoms with Gasteiger partial charge in [0.2, 0.25) is 0 Å². The Balaban J connectivity index is 1.69. The molecule has 2 fully saturated rings. The molecule has 1 N–H and O–H groups in total. The highest BCUT2D eigenvalue weighted by Gasteiger charge is 2.28. The van der Waals surface area contributed by atoms with E-state index in [4.69, 9.17) is 14.2 Å². The predicted molar refractivity (Wildman–Crippen MR) is 119 cm³/mol. The Labute approximate surface area is 182 Å². The van der Waals surface area contributed by atoms with Crippen LogP contribution in [0.1, 0.15) is 46.5 Å². The van der Waals surface area contributed by atoms with Gasteiger partial charge in [0.25, 0.3) is 0 Å². The Kier molecular flexibility index (Phi) is 10.2. The molecule has 0 aliphatic carbocycles. The molecule has 2 heterocycles. The maximum Gasteiger partial charge on any atom is 0.410 e. The molecule has 0 saturated carbocycles. The number of amides is 1. The van der Waals surface area contributed by atoms with Crippen LogP contribution in [0.3, 0.4) is 0 Å². The number of methoxy groups -OCH3 is 1. The second kappa shape index (κ2) is 12.3. The molecule has 2 aliphatic rings. The summed E-state index contributed by atoms with van der Waals surface area (Å²) >= 11 is 0. The fourth-order valence-corrected chi connectivity index (χ4v) is 4.07. The van der Waals surface area contributed by atoms with Gasteiger partial charge in [-0.1, -0.05) is 0 Å². The van der Waals surface area contributed by atoms with E-state index in [0.717, 1.165) is 71.0 Å². The molecule has 2 unspecified atom stereocenters. The molecule has 30 heavy (non-hydrogen) atoms. The molecule has 2 atom stereocenters. The van der Waals surface area contributed by atoms with Gasteiger partial charge in [-0.05, 0) is 52.4 Å². The van der Waals surface area contributed by atoms with Crippen molar-refractivity contribution in [3.05, 3.63) is 0 Å². The number of hydrogen-bond acceptors (Lipinski definition) is 5. The number of rotatable bonds is 8. The van der Waals surface area contributed by atoms with E-state index in [9.17, 15) is 4.79 Å². The summed E-state index contributed by atoms with van der Waals surface area (Å²) in [4.78, 5) is 21.0. The molecule has 0 aromatic rings. The van der Waals surface area contributed by atoms with Crippen molar-refractivity contribution in [2.45, 2.75) is 52.1 Å². The highest BCUT2D eigenvalue weighted by molar-refractivity contribution is 5.80. The summed E-state index contributed by atoms with van der Waals surface area (Å²) in [5.74, 6) is 2.01. The second-order valence-corrected chi connectivity index (χ2v) is 9.37. The quantitative estimate of drug-likeness (QED) is 0.365. The highest BCUT2D eigenvalue weighted by Crippen LogP contribution is 2.22. The summed E-state index contributed by atoms with van der Waals surface area (Å²) in [6.07, 6.45) is 4.16. The monoisotopic (exact) mass is 426 g/mol. The van der Waals surface area contributed by atoms with E-state index in [0.29, 0.717) is 25.0 Å². The van der Waals surface area contributed by atoms with Gasteiger partial charge in [-0.3, -0.25) is 4.99 Å². The van der Waals surface area contributed by atoms with Crippen molar-refractivity contribution in [1.29, 1.82) is 0 Å². The summed E-state index contributed by atoms with van der Waals surface area (Å²) in [7, 11) is 3.54. The lowest BCUT2D eigenvalue weighted by molar-refractivity contribution is 0.0162. The number of nitrogens with one attached hydrogen (secondary N) is 1. The summed E-state index contributed by atoms with van der Waals surface area (Å²) in [6.45, 7) is 12.2. The first-order chi connectivity index (χ1) is 14.3. The van der Waals surface area contributed by atoms with Crippen LogP contribution in [0.25, 0.3) is 0 Å². The first-order valence-corrected chi connectivity index (χ1v) is 11.3. The standard InChI is InChI=1S/C22H42N4O4/c1-22(2,3)30-21(27)26-11-6-7-18(15-26)8-10-24-20(23-4)25-12-9-19(16-25)17-29-14-13-28-5/h18-19H,6-17H2,1-5H3,(H,23,24). The lowest BCUT2D eigenvalue weighted by Gasteiger charge is -2.34. The first-order valence-electron chi connectivity index (χ1n) is 11.3. The number of aliphatic imine (C=N–C) groups is 1. The minimum atomic E-state index is -0.444. The molecule has 0 spiro atoms. The van der Waals surface area contributed by atoms with Crippen molar-refractivity contribution in [3.63, 3.8) is 0 Å². The van der Waals surface area contributed by atoms with Crippen molar-refractivity contribution in [3.8, 4) is 0 Å². The SMILES string of the molecule is CN=C(NCCC1CCCN(C(=O)OC(C)(C)C)C1)N1CCC(COCCOC)C1. The lowest BCUT2D eigenvalue weighted by atomic mass is 9.95. The van der Waals surface area contributed by atoms with E-state index in [1.54, 1.807) is 7.11 Å². The first kappa shape index (κ1) is 24.7. The average molecular weight is 427 g/mol. The fraction of sp³-hybridized carbons (Fsp3) is 0.909. The Morgan fingerprint density at radius 1 is 1.10 bits per heavy atom. The number of piperidine rings is 1. The number of hydrogen-bond donors (Lipinski definition) is 1. The Morgan fingerprint density at radius 3 is 2.57 bits per heavy atom. The van der Waals surface area contributed by atoms with Crippen molar-refractivity contribution < 1.29 is 19.0 Å². The molecular weight excluding hydrogens is 384 g/mol. The van der Waals surface area contributed by atoms with E-state index < -0.39 is 5.60 Å². The molecule has 1 amide bonds. The van der Waals surface area contributed by atoms with Crippen molar-refractivity contribution in [2.24, 2.45) is 16.8 Å². The van der Waals surface area contributed by atoms with E-state index in [1.807, 2.05) is 32.7 Å². The Bertz CT molecular complexity index is 550. The van der Waals surface area contributed by atoms with Crippen LogP contribution < -0.4 is 5.32 Å². The number of ether oxygens (including phenoxy) is 3. The molecule has 2 aliphatic heterocycles. The zero-order valence-electron chi connectivity index (χ0n) is 19.6. The van der Waals surface area contributed by atoms with Gasteiger partial charge < -0.3 is 29.3 Å². The number of carbonyl (C=O) groups excluding carboxylic acids is 1. The molecule has 0 bridgehead atoms. The maximum atomic E-state index is 12.3.